The summed E-state index contributed by atoms with van der Waals surface area (Å²) in [4.78, 5) is 12.7. The molecule has 2 heterocycles. The molecule has 0 aliphatic heterocycles. The van der Waals surface area contributed by atoms with E-state index in [9.17, 15) is 0 Å². The Kier molecular flexibility index (Phi) is 3.89. The van der Waals surface area contributed by atoms with Gasteiger partial charge in [0.05, 0.1) is 28.7 Å². The predicted octanol–water partition coefficient (Wildman–Crippen LogP) is 3.87. The Hall–Kier alpha value is -1.56. The lowest BCUT2D eigenvalue weighted by molar-refractivity contribution is 0.401. The first-order valence-corrected chi connectivity index (χ1v) is 7.23. The third-order valence-electron chi connectivity index (χ3n) is 2.95. The van der Waals surface area contributed by atoms with E-state index in [1.54, 1.807) is 22.8 Å². The number of rotatable bonds is 3. The minimum Gasteiger partial charge on any atom is -0.479 e. The zero-order chi connectivity index (χ0) is 15.0. The number of halogens is 3. The van der Waals surface area contributed by atoms with Crippen LogP contribution in [0.15, 0.2) is 24.5 Å². The van der Waals surface area contributed by atoms with E-state index in [1.165, 1.54) is 13.4 Å². The third kappa shape index (κ3) is 2.31. The van der Waals surface area contributed by atoms with Crippen LogP contribution in [0.1, 0.15) is 5.82 Å². The van der Waals surface area contributed by atoms with Gasteiger partial charge < -0.3 is 4.74 Å². The van der Waals surface area contributed by atoms with Gasteiger partial charge in [0, 0.05) is 0 Å². The summed E-state index contributed by atoms with van der Waals surface area (Å²) in [7, 11) is 1.52. The van der Waals surface area contributed by atoms with Crippen molar-refractivity contribution in [2.24, 2.45) is 0 Å². The number of ether oxygens (including phenoxy) is 1. The molecule has 0 amide bonds. The van der Waals surface area contributed by atoms with Gasteiger partial charge in [-0.2, -0.15) is 4.98 Å². The number of nitrogens with zero attached hydrogens (tertiary/aromatic N) is 4. The smallest absolute Gasteiger partial charge is 0.245 e. The van der Waals surface area contributed by atoms with Gasteiger partial charge in [0.1, 0.15) is 12.2 Å². The average Bonchev–Trinajstić information content (AvgIpc) is 2.86. The van der Waals surface area contributed by atoms with E-state index in [1.807, 2.05) is 0 Å². The highest BCUT2D eigenvalue weighted by Crippen LogP contribution is 2.33. The summed E-state index contributed by atoms with van der Waals surface area (Å²) in [5.41, 5.74) is 1.62. The SMILES string of the molecule is COc1ncnc2c1nc(CCl)n2-c1c(Cl)cccc1Cl. The fraction of sp³-hybridized carbons (Fsp3) is 0.154. The molecule has 0 saturated carbocycles. The van der Waals surface area contributed by atoms with E-state index in [-0.39, 0.29) is 5.88 Å². The van der Waals surface area contributed by atoms with Crippen LogP contribution in [0.4, 0.5) is 0 Å². The van der Waals surface area contributed by atoms with Crippen LogP contribution in [0.2, 0.25) is 10.0 Å². The Bertz CT molecular complexity index is 798. The van der Waals surface area contributed by atoms with E-state index in [0.717, 1.165) is 0 Å². The van der Waals surface area contributed by atoms with Gasteiger partial charge in [-0.1, -0.05) is 29.3 Å². The molecule has 8 heteroatoms. The van der Waals surface area contributed by atoms with E-state index in [2.05, 4.69) is 15.0 Å². The van der Waals surface area contributed by atoms with Gasteiger partial charge in [-0.05, 0) is 12.1 Å². The van der Waals surface area contributed by atoms with Crippen LogP contribution in [-0.4, -0.2) is 26.6 Å². The maximum Gasteiger partial charge on any atom is 0.245 e. The van der Waals surface area contributed by atoms with Crippen LogP contribution in [0, 0.1) is 0 Å². The highest BCUT2D eigenvalue weighted by atomic mass is 35.5. The van der Waals surface area contributed by atoms with Crippen LogP contribution in [-0.2, 0) is 5.88 Å². The maximum absolute atomic E-state index is 6.27. The molecule has 0 aliphatic rings. The van der Waals surface area contributed by atoms with Crippen LogP contribution >= 0.6 is 34.8 Å². The Morgan fingerprint density at radius 3 is 2.52 bits per heavy atom. The van der Waals surface area contributed by atoms with E-state index < -0.39 is 0 Å². The van der Waals surface area contributed by atoms with E-state index in [0.29, 0.717) is 38.6 Å². The Morgan fingerprint density at radius 2 is 1.90 bits per heavy atom. The summed E-state index contributed by atoms with van der Waals surface area (Å²) in [6, 6.07) is 5.25. The molecule has 21 heavy (non-hydrogen) atoms. The lowest BCUT2D eigenvalue weighted by atomic mass is 10.3. The van der Waals surface area contributed by atoms with Crippen molar-refractivity contribution in [3.8, 4) is 11.6 Å². The first-order chi connectivity index (χ1) is 10.2. The number of hydrogen-bond donors (Lipinski definition) is 0. The third-order valence-corrected chi connectivity index (χ3v) is 3.80. The topological polar surface area (TPSA) is 52.8 Å². The number of fused-ring (bicyclic) bond motifs is 1. The van der Waals surface area contributed by atoms with E-state index >= 15 is 0 Å². The number of para-hydroxylation sites is 1. The first kappa shape index (κ1) is 14.4. The van der Waals surface area contributed by atoms with Crippen LogP contribution in [0.3, 0.4) is 0 Å². The molecule has 0 bridgehead atoms. The van der Waals surface area contributed by atoms with Gasteiger partial charge in [0.15, 0.2) is 11.2 Å². The normalized spacial score (nSPS) is 11.0. The molecule has 0 saturated heterocycles. The molecule has 0 unspecified atom stereocenters. The summed E-state index contributed by atoms with van der Waals surface area (Å²) < 4.78 is 6.92. The van der Waals surface area contributed by atoms with Crippen molar-refractivity contribution in [2.45, 2.75) is 5.88 Å². The summed E-state index contributed by atoms with van der Waals surface area (Å²) in [6.45, 7) is 0. The second-order valence-electron chi connectivity index (χ2n) is 4.12. The molecule has 0 aliphatic carbocycles. The quantitative estimate of drug-likeness (QED) is 0.677. The van der Waals surface area contributed by atoms with Crippen LogP contribution < -0.4 is 4.74 Å². The number of aromatic nitrogens is 4. The van der Waals surface area contributed by atoms with Crippen molar-refractivity contribution in [1.82, 2.24) is 19.5 Å². The van der Waals surface area contributed by atoms with Gasteiger partial charge in [0.25, 0.3) is 0 Å². The lowest BCUT2D eigenvalue weighted by Gasteiger charge is -2.11. The highest BCUT2D eigenvalue weighted by Gasteiger charge is 2.20. The molecule has 2 aromatic heterocycles. The van der Waals surface area contributed by atoms with Gasteiger partial charge in [-0.25, -0.2) is 9.97 Å². The maximum atomic E-state index is 6.27. The molecule has 1 aromatic carbocycles. The summed E-state index contributed by atoms with van der Waals surface area (Å²) in [5.74, 6) is 1.09. The Labute approximate surface area is 135 Å². The minimum absolute atomic E-state index is 0.168. The van der Waals surface area contributed by atoms with Crippen molar-refractivity contribution in [3.63, 3.8) is 0 Å². The molecule has 0 N–H and O–H groups in total. The molecule has 3 rings (SSSR count). The van der Waals surface area contributed by atoms with Crippen molar-refractivity contribution in [2.75, 3.05) is 7.11 Å². The van der Waals surface area contributed by atoms with Crippen molar-refractivity contribution < 1.29 is 4.74 Å². The van der Waals surface area contributed by atoms with Crippen LogP contribution in [0.25, 0.3) is 16.9 Å². The molecule has 0 fully saturated rings. The fourth-order valence-corrected chi connectivity index (χ4v) is 2.84. The molecule has 5 nitrogen and oxygen atoms in total. The zero-order valence-electron chi connectivity index (χ0n) is 10.8. The highest BCUT2D eigenvalue weighted by molar-refractivity contribution is 6.37. The number of benzene rings is 1. The zero-order valence-corrected chi connectivity index (χ0v) is 13.1. The first-order valence-electron chi connectivity index (χ1n) is 5.94. The second-order valence-corrected chi connectivity index (χ2v) is 5.20. The average molecular weight is 344 g/mol. The Morgan fingerprint density at radius 1 is 1.19 bits per heavy atom. The standard InChI is InChI=1S/C13H9Cl3N4O/c1-21-13-10-12(17-6-18-13)20(9(5-14)19-10)11-7(15)3-2-4-8(11)16/h2-4,6H,5H2,1H3. The van der Waals surface area contributed by atoms with Gasteiger partial charge in [0.2, 0.25) is 5.88 Å². The number of hydrogen-bond acceptors (Lipinski definition) is 4. The van der Waals surface area contributed by atoms with Crippen molar-refractivity contribution in [3.05, 3.63) is 40.4 Å². The summed E-state index contributed by atoms with van der Waals surface area (Å²) >= 11 is 18.5. The van der Waals surface area contributed by atoms with Crippen molar-refractivity contribution >= 4 is 46.0 Å². The Balaban J connectivity index is 2.42. The summed E-state index contributed by atoms with van der Waals surface area (Å²) in [5, 5.41) is 0.955. The lowest BCUT2D eigenvalue weighted by Crippen LogP contribution is -2.02. The molecule has 0 spiro atoms. The van der Waals surface area contributed by atoms with Gasteiger partial charge in [-0.3, -0.25) is 4.57 Å². The fourth-order valence-electron chi connectivity index (χ4n) is 2.09. The monoisotopic (exact) mass is 342 g/mol. The number of alkyl halides is 1. The molecule has 0 atom stereocenters. The largest absolute Gasteiger partial charge is 0.479 e. The van der Waals surface area contributed by atoms with Gasteiger partial charge >= 0.3 is 0 Å². The minimum atomic E-state index is 0.168. The molecular weight excluding hydrogens is 335 g/mol. The molecular formula is C13H9Cl3N4O. The second kappa shape index (κ2) is 5.67. The van der Waals surface area contributed by atoms with Crippen molar-refractivity contribution in [1.29, 1.82) is 0 Å². The van der Waals surface area contributed by atoms with Crippen LogP contribution in [0.5, 0.6) is 5.88 Å². The number of methoxy groups -OCH3 is 1. The van der Waals surface area contributed by atoms with Gasteiger partial charge in [-0.15, -0.1) is 11.6 Å². The summed E-state index contributed by atoms with van der Waals surface area (Å²) in [6.07, 6.45) is 1.39. The van der Waals surface area contributed by atoms with E-state index in [4.69, 9.17) is 39.5 Å². The number of imidazole rings is 1. The molecule has 3 aromatic rings. The predicted molar refractivity (Wildman–Crippen MR) is 82.8 cm³/mol. The molecule has 108 valence electrons. The molecule has 0 radical (unpaired) electrons.